The van der Waals surface area contributed by atoms with Crippen LogP contribution < -0.4 is 24.8 Å². The zero-order valence-corrected chi connectivity index (χ0v) is 15.0. The third-order valence-corrected chi connectivity index (χ3v) is 4.52. The number of anilines is 1. The molecule has 0 saturated carbocycles. The quantitative estimate of drug-likeness (QED) is 0.766. The van der Waals surface area contributed by atoms with Crippen LogP contribution in [0.3, 0.4) is 0 Å². The largest absolute Gasteiger partial charge is 0.493 e. The third-order valence-electron chi connectivity index (χ3n) is 3.47. The average molecular weight is 350 g/mol. The van der Waals surface area contributed by atoms with E-state index in [9.17, 15) is 4.79 Å². The molecule has 0 radical (unpaired) electrons. The van der Waals surface area contributed by atoms with Gasteiger partial charge in [0.1, 0.15) is 0 Å². The molecule has 6 nitrogen and oxygen atoms in total. The molecule has 0 spiro atoms. The fourth-order valence-corrected chi connectivity index (χ4v) is 3.00. The van der Waals surface area contributed by atoms with Crippen molar-refractivity contribution in [3.63, 3.8) is 0 Å². The standard InChI is InChI=1S/C17H22N2O4S/c1-11(15-6-5-7-24-15)19-16(20)10-18-12-8-13(21-2)17(23-4)14(9-12)22-3/h5-9,11,18H,10H2,1-4H3,(H,19,20). The van der Waals surface area contributed by atoms with Crippen LogP contribution in [-0.4, -0.2) is 33.8 Å². The van der Waals surface area contributed by atoms with E-state index in [1.54, 1.807) is 44.8 Å². The smallest absolute Gasteiger partial charge is 0.239 e. The number of amides is 1. The van der Waals surface area contributed by atoms with E-state index in [0.717, 1.165) is 4.88 Å². The van der Waals surface area contributed by atoms with E-state index in [1.807, 2.05) is 24.4 Å². The van der Waals surface area contributed by atoms with E-state index < -0.39 is 0 Å². The van der Waals surface area contributed by atoms with E-state index in [2.05, 4.69) is 10.6 Å². The lowest BCUT2D eigenvalue weighted by molar-refractivity contribution is -0.120. The number of carbonyl (C=O) groups is 1. The van der Waals surface area contributed by atoms with E-state index in [0.29, 0.717) is 22.9 Å². The second-order valence-corrected chi connectivity index (χ2v) is 6.05. The van der Waals surface area contributed by atoms with Crippen molar-refractivity contribution < 1.29 is 19.0 Å². The maximum absolute atomic E-state index is 12.1. The Kier molecular flexibility index (Phi) is 6.31. The molecule has 7 heteroatoms. The molecule has 1 unspecified atom stereocenters. The predicted molar refractivity (Wildman–Crippen MR) is 95.5 cm³/mol. The fraction of sp³-hybridized carbons (Fsp3) is 0.353. The molecule has 0 bridgehead atoms. The van der Waals surface area contributed by atoms with Gasteiger partial charge < -0.3 is 24.8 Å². The number of nitrogens with one attached hydrogen (secondary N) is 2. The molecule has 1 atom stereocenters. The fourth-order valence-electron chi connectivity index (χ4n) is 2.27. The summed E-state index contributed by atoms with van der Waals surface area (Å²) in [5.74, 6) is 1.49. The number of benzene rings is 1. The van der Waals surface area contributed by atoms with Gasteiger partial charge in [-0.3, -0.25) is 4.79 Å². The van der Waals surface area contributed by atoms with Crippen LogP contribution in [0.4, 0.5) is 5.69 Å². The normalized spacial score (nSPS) is 11.5. The topological polar surface area (TPSA) is 68.8 Å². The van der Waals surface area contributed by atoms with Gasteiger partial charge in [0.15, 0.2) is 11.5 Å². The Bertz CT molecular complexity index is 648. The Balaban J connectivity index is 1.99. The lowest BCUT2D eigenvalue weighted by atomic mass is 10.2. The first-order valence-electron chi connectivity index (χ1n) is 7.45. The second kappa shape index (κ2) is 8.44. The van der Waals surface area contributed by atoms with Gasteiger partial charge in [-0.2, -0.15) is 0 Å². The lowest BCUT2D eigenvalue weighted by Crippen LogP contribution is -2.31. The SMILES string of the molecule is COc1cc(NCC(=O)NC(C)c2cccs2)cc(OC)c1OC. The van der Waals surface area contributed by atoms with Crippen molar-refractivity contribution in [2.24, 2.45) is 0 Å². The van der Waals surface area contributed by atoms with Crippen molar-refractivity contribution in [2.45, 2.75) is 13.0 Å². The molecule has 0 aliphatic rings. The van der Waals surface area contributed by atoms with E-state index in [-0.39, 0.29) is 18.5 Å². The highest BCUT2D eigenvalue weighted by molar-refractivity contribution is 7.10. The summed E-state index contributed by atoms with van der Waals surface area (Å²) in [5.41, 5.74) is 0.712. The second-order valence-electron chi connectivity index (χ2n) is 5.07. The van der Waals surface area contributed by atoms with Crippen molar-refractivity contribution in [2.75, 3.05) is 33.2 Å². The Hall–Kier alpha value is -2.41. The minimum absolute atomic E-state index is 0.0146. The zero-order valence-electron chi connectivity index (χ0n) is 14.2. The van der Waals surface area contributed by atoms with Crippen LogP contribution in [-0.2, 0) is 4.79 Å². The van der Waals surface area contributed by atoms with Crippen LogP contribution in [0.15, 0.2) is 29.6 Å². The Labute approximate surface area is 145 Å². The Morgan fingerprint density at radius 3 is 2.33 bits per heavy atom. The highest BCUT2D eigenvalue weighted by Crippen LogP contribution is 2.39. The van der Waals surface area contributed by atoms with E-state index in [1.165, 1.54) is 0 Å². The molecule has 1 aromatic carbocycles. The number of thiophene rings is 1. The summed E-state index contributed by atoms with van der Waals surface area (Å²) in [7, 11) is 4.65. The van der Waals surface area contributed by atoms with Crippen LogP contribution in [0.2, 0.25) is 0 Å². The molecular weight excluding hydrogens is 328 g/mol. The maximum Gasteiger partial charge on any atom is 0.239 e. The molecule has 1 amide bonds. The summed E-state index contributed by atoms with van der Waals surface area (Å²) in [6, 6.07) is 7.48. The molecule has 0 aliphatic heterocycles. The molecule has 0 saturated heterocycles. The molecule has 24 heavy (non-hydrogen) atoms. The highest BCUT2D eigenvalue weighted by Gasteiger charge is 2.14. The number of ether oxygens (including phenoxy) is 3. The molecule has 1 aromatic heterocycles. The third kappa shape index (κ3) is 4.32. The molecule has 130 valence electrons. The van der Waals surface area contributed by atoms with E-state index >= 15 is 0 Å². The minimum Gasteiger partial charge on any atom is -0.493 e. The summed E-state index contributed by atoms with van der Waals surface area (Å²) in [4.78, 5) is 13.2. The lowest BCUT2D eigenvalue weighted by Gasteiger charge is -2.16. The van der Waals surface area contributed by atoms with Crippen LogP contribution in [0.1, 0.15) is 17.8 Å². The van der Waals surface area contributed by atoms with Crippen LogP contribution in [0.5, 0.6) is 17.2 Å². The highest BCUT2D eigenvalue weighted by atomic mass is 32.1. The zero-order chi connectivity index (χ0) is 17.5. The Morgan fingerprint density at radius 1 is 1.17 bits per heavy atom. The summed E-state index contributed by atoms with van der Waals surface area (Å²) in [6.45, 7) is 2.11. The van der Waals surface area contributed by atoms with Crippen molar-refractivity contribution in [1.29, 1.82) is 0 Å². The summed E-state index contributed by atoms with van der Waals surface area (Å²) in [5, 5.41) is 8.02. The van der Waals surface area contributed by atoms with E-state index in [4.69, 9.17) is 14.2 Å². The van der Waals surface area contributed by atoms with Gasteiger partial charge in [0.25, 0.3) is 0 Å². The number of methoxy groups -OCH3 is 3. The van der Waals surface area contributed by atoms with Crippen LogP contribution in [0.25, 0.3) is 0 Å². The van der Waals surface area contributed by atoms with Gasteiger partial charge in [-0.15, -0.1) is 11.3 Å². The van der Waals surface area contributed by atoms with Gasteiger partial charge >= 0.3 is 0 Å². The summed E-state index contributed by atoms with van der Waals surface area (Å²) >= 11 is 1.62. The summed E-state index contributed by atoms with van der Waals surface area (Å²) < 4.78 is 15.9. The number of hydrogen-bond acceptors (Lipinski definition) is 6. The van der Waals surface area contributed by atoms with Crippen molar-refractivity contribution >= 4 is 22.9 Å². The van der Waals surface area contributed by atoms with Gasteiger partial charge in [-0.1, -0.05) is 6.07 Å². The first-order chi connectivity index (χ1) is 11.6. The molecule has 2 rings (SSSR count). The van der Waals surface area contributed by atoms with Gasteiger partial charge in [-0.25, -0.2) is 0 Å². The molecule has 2 N–H and O–H groups in total. The molecule has 1 heterocycles. The number of rotatable bonds is 8. The first-order valence-corrected chi connectivity index (χ1v) is 8.33. The molecular formula is C17H22N2O4S. The number of carbonyl (C=O) groups excluding carboxylic acids is 1. The average Bonchev–Trinajstić information content (AvgIpc) is 3.13. The predicted octanol–water partition coefficient (Wildman–Crippen LogP) is 3.06. The maximum atomic E-state index is 12.1. The monoisotopic (exact) mass is 350 g/mol. The van der Waals surface area contributed by atoms with Crippen LogP contribution in [0, 0.1) is 0 Å². The van der Waals surface area contributed by atoms with Crippen LogP contribution >= 0.6 is 11.3 Å². The van der Waals surface area contributed by atoms with Crippen molar-refractivity contribution in [3.8, 4) is 17.2 Å². The van der Waals surface area contributed by atoms with Gasteiger partial charge in [0.05, 0.1) is 33.9 Å². The molecule has 2 aromatic rings. The molecule has 0 aliphatic carbocycles. The summed E-state index contributed by atoms with van der Waals surface area (Å²) in [6.07, 6.45) is 0. The number of hydrogen-bond donors (Lipinski definition) is 2. The van der Waals surface area contributed by atoms with Gasteiger partial charge in [0.2, 0.25) is 11.7 Å². The minimum atomic E-state index is -0.0929. The van der Waals surface area contributed by atoms with Crippen molar-refractivity contribution in [1.82, 2.24) is 5.32 Å². The van der Waals surface area contributed by atoms with Gasteiger partial charge in [0, 0.05) is 22.7 Å². The van der Waals surface area contributed by atoms with Gasteiger partial charge in [-0.05, 0) is 18.4 Å². The Morgan fingerprint density at radius 2 is 1.83 bits per heavy atom. The van der Waals surface area contributed by atoms with Crippen molar-refractivity contribution in [3.05, 3.63) is 34.5 Å². The first kappa shape index (κ1) is 17.9. The molecule has 0 fully saturated rings.